The fourth-order valence-corrected chi connectivity index (χ4v) is 2.91. The zero-order chi connectivity index (χ0) is 18.9. The smallest absolute Gasteiger partial charge is 0.224 e. The molecule has 0 saturated heterocycles. The van der Waals surface area contributed by atoms with Gasteiger partial charge in [0.15, 0.2) is 0 Å². The maximum absolute atomic E-state index is 6.04. The average molecular weight is 385 g/mol. The van der Waals surface area contributed by atoms with Gasteiger partial charge in [-0.1, -0.05) is 18.5 Å². The number of anilines is 3. The third-order valence-corrected chi connectivity index (χ3v) is 4.35. The number of fused-ring (bicyclic) bond motifs is 1. The summed E-state index contributed by atoms with van der Waals surface area (Å²) >= 11 is 6.04. The van der Waals surface area contributed by atoms with Crippen LogP contribution in [-0.4, -0.2) is 34.6 Å². The molecule has 3 N–H and O–H groups in total. The van der Waals surface area contributed by atoms with Gasteiger partial charge in [-0.25, -0.2) is 4.98 Å². The normalized spacial score (nSPS) is 10.7. The highest BCUT2D eigenvalue weighted by Crippen LogP contribution is 2.24. The minimum absolute atomic E-state index is 0.674. The van der Waals surface area contributed by atoms with Crippen LogP contribution in [0.1, 0.15) is 26.2 Å². The third kappa shape index (κ3) is 5.69. The predicted octanol–water partition coefficient (Wildman–Crippen LogP) is 4.80. The fourth-order valence-electron chi connectivity index (χ4n) is 2.74. The van der Waals surface area contributed by atoms with Gasteiger partial charge in [-0.3, -0.25) is 4.98 Å². The van der Waals surface area contributed by atoms with E-state index < -0.39 is 0 Å². The summed E-state index contributed by atoms with van der Waals surface area (Å²) in [6.45, 7) is 4.77. The standard InChI is InChI=1S/C20H25ClN6/c1-2-9-25-20-26-13-8-19(27-20)24-11-4-3-10-22-17-7-12-23-18-14-15(21)5-6-16(17)18/h5-8,12-14H,2-4,9-11H2,1H3,(H,22,23)(H2,24,25,26,27). The second-order valence-corrected chi connectivity index (χ2v) is 6.71. The Morgan fingerprint density at radius 1 is 0.889 bits per heavy atom. The number of hydrogen-bond acceptors (Lipinski definition) is 6. The summed E-state index contributed by atoms with van der Waals surface area (Å²) in [5.74, 6) is 1.53. The highest BCUT2D eigenvalue weighted by molar-refractivity contribution is 6.31. The zero-order valence-corrected chi connectivity index (χ0v) is 16.3. The molecule has 0 aliphatic heterocycles. The van der Waals surface area contributed by atoms with Gasteiger partial charge in [0.25, 0.3) is 0 Å². The first-order chi connectivity index (χ1) is 13.3. The minimum Gasteiger partial charge on any atom is -0.384 e. The first kappa shape index (κ1) is 19.2. The Balaban J connectivity index is 1.41. The van der Waals surface area contributed by atoms with Crippen molar-refractivity contribution in [3.63, 3.8) is 0 Å². The molecule has 0 unspecified atom stereocenters. The topological polar surface area (TPSA) is 74.8 Å². The van der Waals surface area contributed by atoms with E-state index in [1.807, 2.05) is 36.5 Å². The van der Waals surface area contributed by atoms with Gasteiger partial charge in [0.2, 0.25) is 5.95 Å². The summed E-state index contributed by atoms with van der Waals surface area (Å²) < 4.78 is 0. The Kier molecular flexibility index (Phi) is 7.04. The van der Waals surface area contributed by atoms with Crippen molar-refractivity contribution in [1.82, 2.24) is 15.0 Å². The Hall–Kier alpha value is -2.60. The van der Waals surface area contributed by atoms with Gasteiger partial charge in [0.1, 0.15) is 5.82 Å². The number of benzene rings is 1. The Morgan fingerprint density at radius 2 is 1.70 bits per heavy atom. The molecule has 2 aromatic heterocycles. The fraction of sp³-hybridized carbons (Fsp3) is 0.350. The zero-order valence-electron chi connectivity index (χ0n) is 15.5. The highest BCUT2D eigenvalue weighted by atomic mass is 35.5. The highest BCUT2D eigenvalue weighted by Gasteiger charge is 2.02. The molecule has 2 heterocycles. The molecule has 6 nitrogen and oxygen atoms in total. The van der Waals surface area contributed by atoms with Crippen molar-refractivity contribution in [2.45, 2.75) is 26.2 Å². The van der Waals surface area contributed by atoms with Gasteiger partial charge in [-0.2, -0.15) is 4.98 Å². The van der Waals surface area contributed by atoms with Crippen LogP contribution in [0, 0.1) is 0 Å². The van der Waals surface area contributed by atoms with Crippen LogP contribution in [-0.2, 0) is 0 Å². The quantitative estimate of drug-likeness (QED) is 0.436. The Morgan fingerprint density at radius 3 is 2.56 bits per heavy atom. The predicted molar refractivity (Wildman–Crippen MR) is 114 cm³/mol. The van der Waals surface area contributed by atoms with Gasteiger partial charge in [-0.15, -0.1) is 0 Å². The van der Waals surface area contributed by atoms with Crippen LogP contribution in [0.2, 0.25) is 5.02 Å². The van der Waals surface area contributed by atoms with Crippen LogP contribution in [0.25, 0.3) is 10.9 Å². The summed E-state index contributed by atoms with van der Waals surface area (Å²) in [7, 11) is 0. The maximum Gasteiger partial charge on any atom is 0.224 e. The van der Waals surface area contributed by atoms with E-state index in [-0.39, 0.29) is 0 Å². The maximum atomic E-state index is 6.04. The van der Waals surface area contributed by atoms with Crippen LogP contribution < -0.4 is 16.0 Å². The van der Waals surface area contributed by atoms with Crippen LogP contribution in [0.4, 0.5) is 17.5 Å². The van der Waals surface area contributed by atoms with Crippen molar-refractivity contribution in [2.75, 3.05) is 35.6 Å². The molecule has 0 fully saturated rings. The molecule has 7 heteroatoms. The summed E-state index contributed by atoms with van der Waals surface area (Å²) in [5, 5.41) is 11.8. The summed E-state index contributed by atoms with van der Waals surface area (Å²) in [6.07, 6.45) is 6.73. The van der Waals surface area contributed by atoms with Crippen molar-refractivity contribution in [3.05, 3.63) is 47.7 Å². The molecule has 0 atom stereocenters. The second kappa shape index (κ2) is 9.92. The SMILES string of the molecule is CCCNc1nccc(NCCCCNc2ccnc3cc(Cl)ccc23)n1. The second-order valence-electron chi connectivity index (χ2n) is 6.27. The van der Waals surface area contributed by atoms with Gasteiger partial charge in [0, 0.05) is 48.1 Å². The van der Waals surface area contributed by atoms with E-state index in [9.17, 15) is 0 Å². The lowest BCUT2D eigenvalue weighted by Gasteiger charge is -2.10. The number of unbranched alkanes of at least 4 members (excludes halogenated alkanes) is 1. The van der Waals surface area contributed by atoms with E-state index in [4.69, 9.17) is 11.6 Å². The van der Waals surface area contributed by atoms with Gasteiger partial charge in [-0.05, 0) is 49.6 Å². The molecule has 0 spiro atoms. The molecule has 3 aromatic rings. The lowest BCUT2D eigenvalue weighted by Crippen LogP contribution is -2.09. The molecular formula is C20H25ClN6. The molecule has 0 saturated carbocycles. The van der Waals surface area contributed by atoms with Gasteiger partial charge in [0.05, 0.1) is 5.52 Å². The Bertz CT molecular complexity index is 870. The lowest BCUT2D eigenvalue weighted by atomic mass is 10.2. The van der Waals surface area contributed by atoms with E-state index in [0.29, 0.717) is 11.0 Å². The number of hydrogen-bond donors (Lipinski definition) is 3. The number of nitrogens with one attached hydrogen (secondary N) is 3. The van der Waals surface area contributed by atoms with Crippen molar-refractivity contribution < 1.29 is 0 Å². The summed E-state index contributed by atoms with van der Waals surface area (Å²) in [4.78, 5) is 13.0. The summed E-state index contributed by atoms with van der Waals surface area (Å²) in [5.41, 5.74) is 2.00. The van der Waals surface area contributed by atoms with Crippen LogP contribution in [0.3, 0.4) is 0 Å². The first-order valence-electron chi connectivity index (χ1n) is 9.35. The van der Waals surface area contributed by atoms with Crippen molar-refractivity contribution in [1.29, 1.82) is 0 Å². The van der Waals surface area contributed by atoms with Gasteiger partial charge < -0.3 is 16.0 Å². The number of rotatable bonds is 10. The molecule has 0 aliphatic rings. The van der Waals surface area contributed by atoms with Gasteiger partial charge >= 0.3 is 0 Å². The molecule has 0 radical (unpaired) electrons. The molecule has 3 rings (SSSR count). The Labute approximate surface area is 164 Å². The molecule has 0 bridgehead atoms. The number of nitrogens with zero attached hydrogens (tertiary/aromatic N) is 3. The third-order valence-electron chi connectivity index (χ3n) is 4.12. The van der Waals surface area contributed by atoms with Crippen molar-refractivity contribution >= 4 is 40.0 Å². The summed E-state index contributed by atoms with van der Waals surface area (Å²) in [6, 6.07) is 9.68. The number of aromatic nitrogens is 3. The average Bonchev–Trinajstić information content (AvgIpc) is 2.69. The lowest BCUT2D eigenvalue weighted by molar-refractivity contribution is 0.793. The molecule has 0 aliphatic carbocycles. The molecule has 27 heavy (non-hydrogen) atoms. The van der Waals surface area contributed by atoms with E-state index in [0.717, 1.165) is 61.3 Å². The van der Waals surface area contributed by atoms with Crippen LogP contribution >= 0.6 is 11.6 Å². The van der Waals surface area contributed by atoms with E-state index >= 15 is 0 Å². The minimum atomic E-state index is 0.674. The van der Waals surface area contributed by atoms with E-state index in [1.54, 1.807) is 6.20 Å². The van der Waals surface area contributed by atoms with E-state index in [2.05, 4.69) is 37.8 Å². The number of halogens is 1. The van der Waals surface area contributed by atoms with Crippen LogP contribution in [0.15, 0.2) is 42.7 Å². The molecular weight excluding hydrogens is 360 g/mol. The number of pyridine rings is 1. The van der Waals surface area contributed by atoms with Crippen molar-refractivity contribution in [2.24, 2.45) is 0 Å². The largest absolute Gasteiger partial charge is 0.384 e. The molecule has 1 aromatic carbocycles. The van der Waals surface area contributed by atoms with Crippen molar-refractivity contribution in [3.8, 4) is 0 Å². The first-order valence-corrected chi connectivity index (χ1v) is 9.73. The molecule has 142 valence electrons. The molecule has 0 amide bonds. The monoisotopic (exact) mass is 384 g/mol. The van der Waals surface area contributed by atoms with Crippen LogP contribution in [0.5, 0.6) is 0 Å². The van der Waals surface area contributed by atoms with E-state index in [1.165, 1.54) is 0 Å².